The normalized spacial score (nSPS) is 32.1. The number of hydrogen-bond acceptors (Lipinski definition) is 1. The molecule has 1 amide bonds. The average molecular weight is 155 g/mol. The van der Waals surface area contributed by atoms with Gasteiger partial charge in [0.15, 0.2) is 0 Å². The zero-order chi connectivity index (χ0) is 8.43. The summed E-state index contributed by atoms with van der Waals surface area (Å²) in [6, 6.07) is 0.910. The molecule has 0 spiro atoms. The zero-order valence-corrected chi connectivity index (χ0v) is 7.63. The minimum Gasteiger partial charge on any atom is -0.338 e. The summed E-state index contributed by atoms with van der Waals surface area (Å²) < 4.78 is 0. The average Bonchev–Trinajstić information content (AvgIpc) is 1.85. The van der Waals surface area contributed by atoms with Crippen LogP contribution in [0.5, 0.6) is 0 Å². The van der Waals surface area contributed by atoms with E-state index in [2.05, 4.69) is 13.8 Å². The molecule has 1 fully saturated rings. The second kappa shape index (κ2) is 3.24. The lowest BCUT2D eigenvalue weighted by atomic mass is 9.98. The summed E-state index contributed by atoms with van der Waals surface area (Å²) in [7, 11) is 0. The molecule has 1 aliphatic heterocycles. The molecule has 1 saturated heterocycles. The van der Waals surface area contributed by atoms with Crippen LogP contribution in [0.2, 0.25) is 0 Å². The van der Waals surface area contributed by atoms with Crippen LogP contribution in [0.15, 0.2) is 0 Å². The van der Waals surface area contributed by atoms with E-state index in [-0.39, 0.29) is 5.91 Å². The Labute approximate surface area is 68.6 Å². The van der Waals surface area contributed by atoms with E-state index >= 15 is 0 Å². The van der Waals surface area contributed by atoms with Crippen LogP contribution in [0.3, 0.4) is 0 Å². The molecule has 2 heteroatoms. The predicted molar refractivity (Wildman–Crippen MR) is 45.3 cm³/mol. The third-order valence-electron chi connectivity index (χ3n) is 2.56. The van der Waals surface area contributed by atoms with Crippen molar-refractivity contribution in [2.75, 3.05) is 0 Å². The Kier molecular flexibility index (Phi) is 2.53. The Morgan fingerprint density at radius 3 is 2.00 bits per heavy atom. The molecule has 0 aromatic rings. The number of amides is 1. The van der Waals surface area contributed by atoms with Gasteiger partial charge in [-0.1, -0.05) is 0 Å². The first-order valence-electron chi connectivity index (χ1n) is 4.42. The van der Waals surface area contributed by atoms with Gasteiger partial charge < -0.3 is 4.90 Å². The van der Waals surface area contributed by atoms with E-state index in [0.29, 0.717) is 12.1 Å². The number of hydrogen-bond donors (Lipinski definition) is 0. The first kappa shape index (κ1) is 8.57. The standard InChI is InChI=1S/C9H17NO/c1-7-5-4-6-8(2)10(7)9(3)11/h7-8H,4-6H2,1-3H3/t7-,8-/m1/s1. The molecule has 64 valence electrons. The van der Waals surface area contributed by atoms with E-state index in [1.807, 2.05) is 4.90 Å². The first-order chi connectivity index (χ1) is 5.13. The SMILES string of the molecule is CC(=O)N1[C@H](C)CCC[C@H]1C. The topological polar surface area (TPSA) is 20.3 Å². The molecule has 1 rings (SSSR count). The number of piperidine rings is 1. The van der Waals surface area contributed by atoms with Crippen molar-refractivity contribution in [3.63, 3.8) is 0 Å². The maximum Gasteiger partial charge on any atom is 0.219 e. The van der Waals surface area contributed by atoms with E-state index in [9.17, 15) is 4.79 Å². The highest BCUT2D eigenvalue weighted by Gasteiger charge is 2.25. The van der Waals surface area contributed by atoms with Crippen LogP contribution >= 0.6 is 0 Å². The molecule has 0 N–H and O–H groups in total. The fourth-order valence-electron chi connectivity index (χ4n) is 2.04. The Morgan fingerprint density at radius 1 is 1.27 bits per heavy atom. The van der Waals surface area contributed by atoms with Crippen LogP contribution in [0.1, 0.15) is 40.0 Å². The molecule has 1 heterocycles. The second-order valence-corrected chi connectivity index (χ2v) is 3.56. The van der Waals surface area contributed by atoms with Gasteiger partial charge in [0.1, 0.15) is 0 Å². The minimum atomic E-state index is 0.227. The summed E-state index contributed by atoms with van der Waals surface area (Å²) in [4.78, 5) is 13.1. The van der Waals surface area contributed by atoms with Gasteiger partial charge in [0.25, 0.3) is 0 Å². The highest BCUT2D eigenvalue weighted by atomic mass is 16.2. The monoisotopic (exact) mass is 155 g/mol. The van der Waals surface area contributed by atoms with Crippen molar-refractivity contribution in [2.45, 2.75) is 52.1 Å². The van der Waals surface area contributed by atoms with Crippen molar-refractivity contribution >= 4 is 5.91 Å². The molecule has 0 bridgehead atoms. The van der Waals surface area contributed by atoms with Crippen LogP contribution in [-0.4, -0.2) is 22.9 Å². The lowest BCUT2D eigenvalue weighted by Gasteiger charge is -2.38. The van der Waals surface area contributed by atoms with Crippen molar-refractivity contribution in [1.29, 1.82) is 0 Å². The van der Waals surface area contributed by atoms with Gasteiger partial charge >= 0.3 is 0 Å². The number of likely N-dealkylation sites (tertiary alicyclic amines) is 1. The molecule has 2 atom stereocenters. The maximum atomic E-state index is 11.1. The highest BCUT2D eigenvalue weighted by molar-refractivity contribution is 5.74. The van der Waals surface area contributed by atoms with Crippen molar-refractivity contribution in [2.24, 2.45) is 0 Å². The third kappa shape index (κ3) is 1.73. The van der Waals surface area contributed by atoms with Gasteiger partial charge in [-0.05, 0) is 33.1 Å². The third-order valence-corrected chi connectivity index (χ3v) is 2.56. The lowest BCUT2D eigenvalue weighted by Crippen LogP contribution is -2.46. The fourth-order valence-corrected chi connectivity index (χ4v) is 2.04. The first-order valence-corrected chi connectivity index (χ1v) is 4.42. The van der Waals surface area contributed by atoms with Gasteiger partial charge in [-0.3, -0.25) is 4.79 Å². The van der Waals surface area contributed by atoms with Crippen LogP contribution in [0, 0.1) is 0 Å². The Bertz CT molecular complexity index is 146. The summed E-state index contributed by atoms with van der Waals surface area (Å²) in [5, 5.41) is 0. The van der Waals surface area contributed by atoms with E-state index in [0.717, 1.165) is 0 Å². The number of nitrogens with zero attached hydrogens (tertiary/aromatic N) is 1. The van der Waals surface area contributed by atoms with Gasteiger partial charge in [-0.15, -0.1) is 0 Å². The van der Waals surface area contributed by atoms with Crippen molar-refractivity contribution < 1.29 is 4.79 Å². The molecule has 2 nitrogen and oxygen atoms in total. The summed E-state index contributed by atoms with van der Waals surface area (Å²) >= 11 is 0. The predicted octanol–water partition coefficient (Wildman–Crippen LogP) is 1.80. The molecule has 11 heavy (non-hydrogen) atoms. The molecule has 0 unspecified atom stereocenters. The van der Waals surface area contributed by atoms with Gasteiger partial charge in [0.2, 0.25) is 5.91 Å². The number of carbonyl (C=O) groups is 1. The molecular formula is C9H17NO. The van der Waals surface area contributed by atoms with Gasteiger partial charge in [0, 0.05) is 19.0 Å². The quantitative estimate of drug-likeness (QED) is 0.522. The van der Waals surface area contributed by atoms with E-state index < -0.39 is 0 Å². The van der Waals surface area contributed by atoms with Gasteiger partial charge in [0.05, 0.1) is 0 Å². The van der Waals surface area contributed by atoms with Crippen molar-refractivity contribution in [1.82, 2.24) is 4.90 Å². The summed E-state index contributed by atoms with van der Waals surface area (Å²) in [5.41, 5.74) is 0. The Balaban J connectivity index is 2.62. The minimum absolute atomic E-state index is 0.227. The lowest BCUT2D eigenvalue weighted by molar-refractivity contribution is -0.134. The molecule has 0 aliphatic carbocycles. The maximum absolute atomic E-state index is 11.1. The van der Waals surface area contributed by atoms with Crippen LogP contribution < -0.4 is 0 Å². The molecule has 0 aromatic carbocycles. The largest absolute Gasteiger partial charge is 0.338 e. The zero-order valence-electron chi connectivity index (χ0n) is 7.63. The van der Waals surface area contributed by atoms with Crippen LogP contribution in [-0.2, 0) is 4.79 Å². The molecule has 1 aliphatic rings. The van der Waals surface area contributed by atoms with E-state index in [1.54, 1.807) is 6.92 Å². The Hall–Kier alpha value is -0.530. The molecular weight excluding hydrogens is 138 g/mol. The van der Waals surface area contributed by atoms with E-state index in [4.69, 9.17) is 0 Å². The smallest absolute Gasteiger partial charge is 0.219 e. The molecule has 0 radical (unpaired) electrons. The summed E-state index contributed by atoms with van der Waals surface area (Å²) in [5.74, 6) is 0.227. The van der Waals surface area contributed by atoms with E-state index in [1.165, 1.54) is 19.3 Å². The number of carbonyl (C=O) groups excluding carboxylic acids is 1. The molecule has 0 aromatic heterocycles. The highest BCUT2D eigenvalue weighted by Crippen LogP contribution is 2.21. The van der Waals surface area contributed by atoms with Crippen LogP contribution in [0.25, 0.3) is 0 Å². The summed E-state index contributed by atoms with van der Waals surface area (Å²) in [6.07, 6.45) is 3.61. The van der Waals surface area contributed by atoms with Gasteiger partial charge in [-0.25, -0.2) is 0 Å². The number of rotatable bonds is 0. The van der Waals surface area contributed by atoms with Crippen molar-refractivity contribution in [3.05, 3.63) is 0 Å². The van der Waals surface area contributed by atoms with Crippen LogP contribution in [0.4, 0.5) is 0 Å². The second-order valence-electron chi connectivity index (χ2n) is 3.56. The Morgan fingerprint density at radius 2 is 1.73 bits per heavy atom. The van der Waals surface area contributed by atoms with Gasteiger partial charge in [-0.2, -0.15) is 0 Å². The fraction of sp³-hybridized carbons (Fsp3) is 0.889. The summed E-state index contributed by atoms with van der Waals surface area (Å²) in [6.45, 7) is 5.94. The van der Waals surface area contributed by atoms with Crippen molar-refractivity contribution in [3.8, 4) is 0 Å². The molecule has 0 saturated carbocycles.